The van der Waals surface area contributed by atoms with Crippen molar-refractivity contribution in [1.82, 2.24) is 10.2 Å². The van der Waals surface area contributed by atoms with E-state index in [-0.39, 0.29) is 42.3 Å². The van der Waals surface area contributed by atoms with Crippen molar-refractivity contribution in [2.45, 2.75) is 92.8 Å². The number of carbonyl (C=O) groups is 3. The number of allylic oxidation sites excluding steroid dienone is 1. The number of hydrogen-bond acceptors (Lipinski definition) is 5. The first-order chi connectivity index (χ1) is 15.7. The maximum atomic E-state index is 13.9. The number of nitrogens with one attached hydrogen (secondary N) is 1. The molecule has 0 spiro atoms. The summed E-state index contributed by atoms with van der Waals surface area (Å²) in [6.45, 7) is 18.0. The van der Waals surface area contributed by atoms with E-state index in [1.807, 2.05) is 46.8 Å². The molecular formula is C27H46N2O5. The Bertz CT molecular complexity index is 784. The molecule has 0 aromatic heterocycles. The lowest BCUT2D eigenvalue weighted by atomic mass is 9.70. The van der Waals surface area contributed by atoms with Gasteiger partial charge in [0, 0.05) is 11.5 Å². The number of fused-ring (bicyclic) bond motifs is 1. The van der Waals surface area contributed by atoms with Gasteiger partial charge in [-0.15, -0.1) is 0 Å². The molecule has 0 aromatic carbocycles. The van der Waals surface area contributed by atoms with Crippen LogP contribution in [0.5, 0.6) is 0 Å². The Hall–Kier alpha value is -1.89. The fourth-order valence-electron chi connectivity index (χ4n) is 6.09. The van der Waals surface area contributed by atoms with Crippen LogP contribution in [0.3, 0.4) is 0 Å². The summed E-state index contributed by atoms with van der Waals surface area (Å²) in [5, 5.41) is 13.5. The van der Waals surface area contributed by atoms with Crippen molar-refractivity contribution in [3.05, 3.63) is 12.2 Å². The zero-order chi connectivity index (χ0) is 26.0. The summed E-state index contributed by atoms with van der Waals surface area (Å²) in [6, 6.07) is -1.29. The largest absolute Gasteiger partial charge is 0.466 e. The summed E-state index contributed by atoms with van der Waals surface area (Å²) in [4.78, 5) is 42.3. The Balaban J connectivity index is 2.53. The maximum Gasteiger partial charge on any atom is 0.310 e. The number of nitrogens with zero attached hydrogens (tertiary/aromatic N) is 1. The number of rotatable bonds is 9. The van der Waals surface area contributed by atoms with Gasteiger partial charge in [0.25, 0.3) is 0 Å². The second-order valence-corrected chi connectivity index (χ2v) is 12.1. The van der Waals surface area contributed by atoms with Crippen LogP contribution >= 0.6 is 0 Å². The minimum Gasteiger partial charge on any atom is -0.466 e. The number of aliphatic hydroxyl groups excluding tert-OH is 1. The van der Waals surface area contributed by atoms with Gasteiger partial charge in [-0.25, -0.2) is 0 Å². The number of hydrogen-bond donors (Lipinski definition) is 2. The fourth-order valence-corrected chi connectivity index (χ4v) is 6.09. The molecule has 7 nitrogen and oxygen atoms in total. The van der Waals surface area contributed by atoms with Crippen molar-refractivity contribution in [2.24, 2.45) is 35.0 Å². The number of esters is 1. The molecule has 0 aromatic rings. The topological polar surface area (TPSA) is 95.9 Å². The molecule has 1 heterocycles. The molecule has 7 heteroatoms. The van der Waals surface area contributed by atoms with E-state index >= 15 is 0 Å². The molecule has 2 aliphatic rings. The van der Waals surface area contributed by atoms with Crippen LogP contribution in [0.4, 0.5) is 0 Å². The van der Waals surface area contributed by atoms with Crippen molar-refractivity contribution in [2.75, 3.05) is 13.2 Å². The molecule has 0 saturated carbocycles. The van der Waals surface area contributed by atoms with E-state index in [1.165, 1.54) is 0 Å². The first kappa shape index (κ1) is 28.3. The van der Waals surface area contributed by atoms with Gasteiger partial charge in [-0.3, -0.25) is 14.4 Å². The van der Waals surface area contributed by atoms with Crippen LogP contribution < -0.4 is 5.32 Å². The fraction of sp³-hybridized carbons (Fsp3) is 0.815. The van der Waals surface area contributed by atoms with Crippen molar-refractivity contribution >= 4 is 17.8 Å². The van der Waals surface area contributed by atoms with Gasteiger partial charge in [-0.1, -0.05) is 60.1 Å². The smallest absolute Gasteiger partial charge is 0.310 e. The maximum absolute atomic E-state index is 13.9. The van der Waals surface area contributed by atoms with Gasteiger partial charge < -0.3 is 20.1 Å². The standard InChI is InChI=1S/C27H46N2O5/c1-10-16(3)19(14-30)29-22(23(31)28-27(8,9)15-26(5,6)7)18-13-12-17(4)20(21(18)24(29)32)25(33)34-11-2/h12-13,16-22,30H,10-11,14-15H2,1-9H3,(H,28,31)/t16-,17+,18-,19-,20+,21-,22-/m0/s1. The van der Waals surface area contributed by atoms with Crippen molar-refractivity contribution in [1.29, 1.82) is 0 Å². The molecule has 0 bridgehead atoms. The second kappa shape index (κ2) is 10.8. The molecule has 34 heavy (non-hydrogen) atoms. The molecule has 2 rings (SSSR count). The molecule has 0 unspecified atom stereocenters. The lowest BCUT2D eigenvalue weighted by Crippen LogP contribution is -2.58. The predicted molar refractivity (Wildman–Crippen MR) is 133 cm³/mol. The molecule has 194 valence electrons. The number of carbonyl (C=O) groups excluding carboxylic acids is 3. The second-order valence-electron chi connectivity index (χ2n) is 12.1. The Labute approximate surface area is 205 Å². The summed E-state index contributed by atoms with van der Waals surface area (Å²) in [5.74, 6) is -2.86. The summed E-state index contributed by atoms with van der Waals surface area (Å²) in [7, 11) is 0. The number of likely N-dealkylation sites (tertiary alicyclic amines) is 1. The first-order valence-electron chi connectivity index (χ1n) is 12.8. The molecule has 1 aliphatic heterocycles. The van der Waals surface area contributed by atoms with E-state index < -0.39 is 41.3 Å². The van der Waals surface area contributed by atoms with E-state index in [0.29, 0.717) is 0 Å². The van der Waals surface area contributed by atoms with Crippen LogP contribution in [-0.2, 0) is 19.1 Å². The average molecular weight is 479 g/mol. The first-order valence-corrected chi connectivity index (χ1v) is 12.8. The monoisotopic (exact) mass is 478 g/mol. The molecule has 7 atom stereocenters. The lowest BCUT2D eigenvalue weighted by Gasteiger charge is -2.39. The third-order valence-electron chi connectivity index (χ3n) is 7.32. The Morgan fingerprint density at radius 1 is 1.18 bits per heavy atom. The minimum atomic E-state index is -0.788. The highest BCUT2D eigenvalue weighted by molar-refractivity contribution is 5.96. The normalized spacial score (nSPS) is 28.9. The van der Waals surface area contributed by atoms with Gasteiger partial charge in [-0.05, 0) is 44.4 Å². The van der Waals surface area contributed by atoms with Crippen LogP contribution in [0.15, 0.2) is 12.2 Å². The number of amides is 2. The number of aliphatic hydroxyl groups is 1. The summed E-state index contributed by atoms with van der Waals surface area (Å²) in [6.07, 6.45) is 5.36. The van der Waals surface area contributed by atoms with Crippen LogP contribution in [-0.4, -0.2) is 58.6 Å². The summed E-state index contributed by atoms with van der Waals surface area (Å²) < 4.78 is 5.34. The number of ether oxygens (including phenoxy) is 1. The van der Waals surface area contributed by atoms with Gasteiger partial charge in [-0.2, -0.15) is 0 Å². The summed E-state index contributed by atoms with van der Waals surface area (Å²) >= 11 is 0. The quantitative estimate of drug-likeness (QED) is 0.390. The van der Waals surface area contributed by atoms with Crippen LogP contribution in [0, 0.1) is 35.0 Å². The molecule has 1 aliphatic carbocycles. The van der Waals surface area contributed by atoms with Crippen molar-refractivity contribution in [3.63, 3.8) is 0 Å². The Morgan fingerprint density at radius 2 is 1.79 bits per heavy atom. The molecule has 0 radical (unpaired) electrons. The predicted octanol–water partition coefficient (Wildman–Crippen LogP) is 3.55. The molecule has 1 fully saturated rings. The van der Waals surface area contributed by atoms with E-state index in [9.17, 15) is 19.5 Å². The van der Waals surface area contributed by atoms with Gasteiger partial charge in [0.05, 0.1) is 31.1 Å². The Kier molecular flexibility index (Phi) is 9.00. The van der Waals surface area contributed by atoms with Crippen molar-refractivity contribution in [3.8, 4) is 0 Å². The third kappa shape index (κ3) is 6.02. The SMILES string of the molecule is CCOC(=O)[C@H]1[C@H]2C(=O)N([C@@H](CO)[C@@H](C)CC)[C@H](C(=O)NC(C)(C)CC(C)(C)C)[C@H]2C=C[C@H]1C. The van der Waals surface area contributed by atoms with Crippen LogP contribution in [0.2, 0.25) is 0 Å². The highest BCUT2D eigenvalue weighted by atomic mass is 16.5. The van der Waals surface area contributed by atoms with Crippen LogP contribution in [0.1, 0.15) is 75.2 Å². The third-order valence-corrected chi connectivity index (χ3v) is 7.32. The van der Waals surface area contributed by atoms with Gasteiger partial charge in [0.15, 0.2) is 0 Å². The molecule has 2 amide bonds. The highest BCUT2D eigenvalue weighted by Gasteiger charge is 2.59. The Morgan fingerprint density at radius 3 is 2.29 bits per heavy atom. The van der Waals surface area contributed by atoms with E-state index in [2.05, 4.69) is 26.1 Å². The van der Waals surface area contributed by atoms with E-state index in [1.54, 1.807) is 11.8 Å². The lowest BCUT2D eigenvalue weighted by molar-refractivity contribution is -0.156. The van der Waals surface area contributed by atoms with E-state index in [4.69, 9.17) is 4.74 Å². The minimum absolute atomic E-state index is 0.00400. The van der Waals surface area contributed by atoms with Gasteiger partial charge in [0.1, 0.15) is 6.04 Å². The van der Waals surface area contributed by atoms with E-state index in [0.717, 1.165) is 12.8 Å². The highest BCUT2D eigenvalue weighted by Crippen LogP contribution is 2.46. The summed E-state index contributed by atoms with van der Waals surface area (Å²) in [5.41, 5.74) is -0.483. The van der Waals surface area contributed by atoms with Gasteiger partial charge in [0.2, 0.25) is 11.8 Å². The average Bonchev–Trinajstić information content (AvgIpc) is 2.99. The molecule has 1 saturated heterocycles. The zero-order valence-corrected chi connectivity index (χ0v) is 22.6. The zero-order valence-electron chi connectivity index (χ0n) is 22.6. The molecular weight excluding hydrogens is 432 g/mol. The molecule has 2 N–H and O–H groups in total. The van der Waals surface area contributed by atoms with Crippen LogP contribution in [0.25, 0.3) is 0 Å². The van der Waals surface area contributed by atoms with Crippen molar-refractivity contribution < 1.29 is 24.2 Å². The van der Waals surface area contributed by atoms with Gasteiger partial charge >= 0.3 is 5.97 Å².